The summed E-state index contributed by atoms with van der Waals surface area (Å²) in [7, 11) is 0. The van der Waals surface area contributed by atoms with Crippen molar-refractivity contribution in [2.45, 2.75) is 19.4 Å². The molecule has 3 heterocycles. The Hall–Kier alpha value is -3.00. The predicted molar refractivity (Wildman–Crippen MR) is 110 cm³/mol. The number of nitro groups is 1. The van der Waals surface area contributed by atoms with Gasteiger partial charge < -0.3 is 9.80 Å². The van der Waals surface area contributed by atoms with Gasteiger partial charge in [0, 0.05) is 64.1 Å². The Labute approximate surface area is 169 Å². The zero-order valence-electron chi connectivity index (χ0n) is 16.4. The largest absolute Gasteiger partial charge is 0.371 e. The van der Waals surface area contributed by atoms with Gasteiger partial charge in [-0.1, -0.05) is 6.07 Å². The van der Waals surface area contributed by atoms with Crippen molar-refractivity contribution < 1.29 is 9.72 Å². The molecule has 4 rings (SSSR count). The second-order valence-corrected chi connectivity index (χ2v) is 7.54. The number of hydrogen-bond acceptors (Lipinski definition) is 6. The van der Waals surface area contributed by atoms with E-state index in [1.165, 1.54) is 12.1 Å². The Kier molecular flexibility index (Phi) is 5.71. The highest BCUT2D eigenvalue weighted by molar-refractivity contribution is 6.00. The summed E-state index contributed by atoms with van der Waals surface area (Å²) < 4.78 is 0. The van der Waals surface area contributed by atoms with Crippen molar-refractivity contribution >= 4 is 17.3 Å². The highest BCUT2D eigenvalue weighted by Crippen LogP contribution is 2.29. The van der Waals surface area contributed by atoms with Crippen LogP contribution < -0.4 is 4.90 Å². The fourth-order valence-corrected chi connectivity index (χ4v) is 4.04. The van der Waals surface area contributed by atoms with E-state index >= 15 is 0 Å². The molecule has 0 spiro atoms. The van der Waals surface area contributed by atoms with Crippen molar-refractivity contribution in [2.75, 3.05) is 44.2 Å². The summed E-state index contributed by atoms with van der Waals surface area (Å²) in [5.74, 6) is -0.118. The molecule has 2 aliphatic rings. The number of carbonyl (C=O) groups excluding carboxylic acids is 1. The lowest BCUT2D eigenvalue weighted by molar-refractivity contribution is -0.384. The van der Waals surface area contributed by atoms with Crippen LogP contribution >= 0.6 is 0 Å². The number of nitrogens with zero attached hydrogens (tertiary/aromatic N) is 5. The van der Waals surface area contributed by atoms with E-state index in [0.29, 0.717) is 18.7 Å². The number of anilines is 1. The molecular formula is C21H25N5O3. The van der Waals surface area contributed by atoms with Gasteiger partial charge in [0.15, 0.2) is 0 Å². The first-order chi connectivity index (χ1) is 14.1. The second-order valence-electron chi connectivity index (χ2n) is 7.54. The zero-order valence-corrected chi connectivity index (χ0v) is 16.4. The Bertz CT molecular complexity index is 875. The normalized spacial score (nSPS) is 17.5. The quantitative estimate of drug-likeness (QED) is 0.572. The number of amides is 1. The lowest BCUT2D eigenvalue weighted by atomic mass is 10.1. The number of piperazine rings is 1. The van der Waals surface area contributed by atoms with E-state index in [9.17, 15) is 14.9 Å². The van der Waals surface area contributed by atoms with Gasteiger partial charge in [-0.3, -0.25) is 24.8 Å². The molecule has 1 amide bonds. The number of pyridine rings is 1. The Morgan fingerprint density at radius 3 is 2.45 bits per heavy atom. The van der Waals surface area contributed by atoms with E-state index in [4.69, 9.17) is 0 Å². The highest BCUT2D eigenvalue weighted by atomic mass is 16.6. The van der Waals surface area contributed by atoms with Crippen LogP contribution in [0.2, 0.25) is 0 Å². The van der Waals surface area contributed by atoms with Gasteiger partial charge in [0.1, 0.15) is 0 Å². The van der Waals surface area contributed by atoms with Gasteiger partial charge in [-0.05, 0) is 31.0 Å². The summed E-state index contributed by atoms with van der Waals surface area (Å²) in [5, 5.41) is 11.3. The molecule has 8 nitrogen and oxygen atoms in total. The third-order valence-electron chi connectivity index (χ3n) is 5.64. The van der Waals surface area contributed by atoms with Gasteiger partial charge in [0.25, 0.3) is 11.6 Å². The first kappa shape index (κ1) is 19.3. The van der Waals surface area contributed by atoms with Gasteiger partial charge in [0.05, 0.1) is 21.9 Å². The van der Waals surface area contributed by atoms with Gasteiger partial charge in [0.2, 0.25) is 0 Å². The van der Waals surface area contributed by atoms with Crippen molar-refractivity contribution in [1.82, 2.24) is 14.8 Å². The van der Waals surface area contributed by atoms with Crippen LogP contribution in [0.25, 0.3) is 0 Å². The second kappa shape index (κ2) is 8.57. The molecule has 2 aliphatic heterocycles. The molecule has 8 heteroatoms. The van der Waals surface area contributed by atoms with Crippen LogP contribution in [0, 0.1) is 10.1 Å². The molecule has 0 radical (unpaired) electrons. The molecule has 2 fully saturated rings. The molecule has 0 unspecified atom stereocenters. The molecule has 0 saturated carbocycles. The van der Waals surface area contributed by atoms with Crippen LogP contribution in [0.1, 0.15) is 28.9 Å². The number of aromatic nitrogens is 1. The molecule has 0 aliphatic carbocycles. The predicted octanol–water partition coefficient (Wildman–Crippen LogP) is 2.55. The summed E-state index contributed by atoms with van der Waals surface area (Å²) in [6.45, 7) is 5.26. The lowest BCUT2D eigenvalue weighted by Gasteiger charge is -2.35. The number of carbonyl (C=O) groups is 1. The van der Waals surface area contributed by atoms with Gasteiger partial charge in [-0.25, -0.2) is 0 Å². The Morgan fingerprint density at radius 2 is 1.79 bits per heavy atom. The van der Waals surface area contributed by atoms with Gasteiger partial charge in [-0.15, -0.1) is 0 Å². The van der Waals surface area contributed by atoms with Crippen LogP contribution in [0.5, 0.6) is 0 Å². The number of rotatable bonds is 5. The maximum absolute atomic E-state index is 13.3. The van der Waals surface area contributed by atoms with E-state index in [0.717, 1.165) is 56.9 Å². The van der Waals surface area contributed by atoms with E-state index in [1.54, 1.807) is 12.3 Å². The van der Waals surface area contributed by atoms with Crippen molar-refractivity contribution in [2.24, 2.45) is 0 Å². The van der Waals surface area contributed by atoms with Crippen LogP contribution in [0.15, 0.2) is 42.6 Å². The summed E-state index contributed by atoms with van der Waals surface area (Å²) >= 11 is 0. The third kappa shape index (κ3) is 4.37. The molecule has 0 bridgehead atoms. The maximum atomic E-state index is 13.3. The van der Waals surface area contributed by atoms with Crippen LogP contribution in [0.3, 0.4) is 0 Å². The molecule has 2 saturated heterocycles. The van der Waals surface area contributed by atoms with E-state index in [2.05, 4.69) is 14.8 Å². The number of benzene rings is 1. The van der Waals surface area contributed by atoms with E-state index in [-0.39, 0.29) is 11.6 Å². The highest BCUT2D eigenvalue weighted by Gasteiger charge is 2.28. The maximum Gasteiger partial charge on any atom is 0.270 e. The van der Waals surface area contributed by atoms with Crippen molar-refractivity contribution in [3.8, 4) is 0 Å². The van der Waals surface area contributed by atoms with Gasteiger partial charge >= 0.3 is 0 Å². The van der Waals surface area contributed by atoms with Crippen LogP contribution in [0.4, 0.5) is 11.4 Å². The zero-order chi connectivity index (χ0) is 20.2. The molecule has 1 aromatic heterocycles. The van der Waals surface area contributed by atoms with Crippen LogP contribution in [-0.4, -0.2) is 64.9 Å². The van der Waals surface area contributed by atoms with Gasteiger partial charge in [-0.2, -0.15) is 0 Å². The van der Waals surface area contributed by atoms with E-state index in [1.807, 2.05) is 23.1 Å². The average Bonchev–Trinajstić information content (AvgIpc) is 3.29. The summed E-state index contributed by atoms with van der Waals surface area (Å²) in [5.41, 5.74) is 2.24. The summed E-state index contributed by atoms with van der Waals surface area (Å²) in [4.78, 5) is 34.7. The summed E-state index contributed by atoms with van der Waals surface area (Å²) in [6.07, 6.45) is 3.95. The van der Waals surface area contributed by atoms with Crippen molar-refractivity contribution in [3.05, 3.63) is 64.0 Å². The first-order valence-corrected chi connectivity index (χ1v) is 10.1. The topological polar surface area (TPSA) is 82.8 Å². The molecular weight excluding hydrogens is 370 g/mol. The molecule has 29 heavy (non-hydrogen) atoms. The smallest absolute Gasteiger partial charge is 0.270 e. The standard InChI is InChI=1S/C21H25N5O3/c27-21(25-13-11-23(12-14-25)16-17-5-1-2-8-22-17)19-15-18(26(28)29)6-7-20(19)24-9-3-4-10-24/h1-2,5-8,15H,3-4,9-14,16H2. The fraction of sp³-hybridized carbons (Fsp3) is 0.429. The Balaban J connectivity index is 1.47. The number of non-ortho nitro benzene ring substituents is 1. The fourth-order valence-electron chi connectivity index (χ4n) is 4.04. The number of hydrogen-bond donors (Lipinski definition) is 0. The van der Waals surface area contributed by atoms with Crippen molar-refractivity contribution in [1.29, 1.82) is 0 Å². The first-order valence-electron chi connectivity index (χ1n) is 10.1. The third-order valence-corrected chi connectivity index (χ3v) is 5.64. The van der Waals surface area contributed by atoms with E-state index < -0.39 is 4.92 Å². The summed E-state index contributed by atoms with van der Waals surface area (Å²) in [6, 6.07) is 10.5. The minimum Gasteiger partial charge on any atom is -0.371 e. The van der Waals surface area contributed by atoms with Crippen molar-refractivity contribution in [3.63, 3.8) is 0 Å². The SMILES string of the molecule is O=C(c1cc([N+](=O)[O-])ccc1N1CCCC1)N1CCN(Cc2ccccn2)CC1. The molecule has 0 atom stereocenters. The minimum atomic E-state index is -0.435. The molecule has 1 aromatic carbocycles. The molecule has 152 valence electrons. The average molecular weight is 395 g/mol. The minimum absolute atomic E-state index is 0.0370. The molecule has 2 aromatic rings. The Morgan fingerprint density at radius 1 is 1.03 bits per heavy atom. The number of nitro benzene ring substituents is 1. The van der Waals surface area contributed by atoms with Crippen LogP contribution in [-0.2, 0) is 6.54 Å². The lowest BCUT2D eigenvalue weighted by Crippen LogP contribution is -2.48. The monoisotopic (exact) mass is 395 g/mol. The molecule has 0 N–H and O–H groups in total.